The first-order valence-corrected chi connectivity index (χ1v) is 16.2. The van der Waals surface area contributed by atoms with Gasteiger partial charge in [-0.25, -0.2) is 4.39 Å². The topological polar surface area (TPSA) is 9.23 Å². The summed E-state index contributed by atoms with van der Waals surface area (Å²) < 4.78 is 88.2. The number of benzene rings is 3. The minimum absolute atomic E-state index is 0.103. The molecule has 0 unspecified atom stereocenters. The number of alkyl halides is 5. The van der Waals surface area contributed by atoms with Crippen LogP contribution in [-0.2, 0) is 6.18 Å². The SMILES string of the molecule is CCCCCC1CCC(c2ccc(-c3ccc(C4CCC(C(F)(F)Oc5ccc(C(F)(F)F)cc5)CC4)cc3)c(F)c2)CC1. The van der Waals surface area contributed by atoms with Crippen LogP contribution in [0.15, 0.2) is 66.7 Å². The van der Waals surface area contributed by atoms with Gasteiger partial charge in [-0.05, 0) is 116 Å². The fraction of sp³-hybridized carbons (Fsp3) is 0.514. The monoisotopic (exact) mass is 616 g/mol. The molecule has 0 saturated heterocycles. The van der Waals surface area contributed by atoms with Crippen LogP contribution in [-0.4, -0.2) is 6.11 Å². The van der Waals surface area contributed by atoms with Crippen molar-refractivity contribution in [1.82, 2.24) is 0 Å². The van der Waals surface area contributed by atoms with Crippen LogP contribution in [0.1, 0.15) is 112 Å². The fourth-order valence-electron chi connectivity index (χ4n) is 7.14. The zero-order valence-corrected chi connectivity index (χ0v) is 25.3. The van der Waals surface area contributed by atoms with Crippen molar-refractivity contribution in [2.45, 2.75) is 108 Å². The van der Waals surface area contributed by atoms with Gasteiger partial charge in [-0.2, -0.15) is 22.0 Å². The van der Waals surface area contributed by atoms with Crippen molar-refractivity contribution in [3.63, 3.8) is 0 Å². The van der Waals surface area contributed by atoms with Gasteiger partial charge >= 0.3 is 12.3 Å². The molecule has 2 aliphatic rings. The molecular weight excluding hydrogens is 574 g/mol. The smallest absolute Gasteiger partial charge is 0.416 e. The Balaban J connectivity index is 1.13. The molecule has 5 rings (SSSR count). The standard InChI is InChI=1S/C37H42F6O/c1-2-3-4-5-25-6-8-28(9-7-25)30-16-23-34(35(38)24-30)29-12-10-26(11-13-29)27-14-17-32(18-15-27)37(42,43)44-33-21-19-31(20-22-33)36(39,40)41/h10-13,16,19-25,27-28,32H,2-9,14-15,17-18H2,1H3. The predicted molar refractivity (Wildman–Crippen MR) is 162 cm³/mol. The zero-order valence-electron chi connectivity index (χ0n) is 25.3. The van der Waals surface area contributed by atoms with Crippen LogP contribution < -0.4 is 4.74 Å². The lowest BCUT2D eigenvalue weighted by atomic mass is 9.76. The Morgan fingerprint density at radius 1 is 0.682 bits per heavy atom. The second kappa shape index (κ2) is 14.0. The summed E-state index contributed by atoms with van der Waals surface area (Å²) in [5.41, 5.74) is 2.57. The summed E-state index contributed by atoms with van der Waals surface area (Å²) in [6, 6.07) is 16.8. The van der Waals surface area contributed by atoms with Crippen molar-refractivity contribution in [2.24, 2.45) is 11.8 Å². The molecule has 0 spiro atoms. The number of unbranched alkanes of at least 4 members (excludes halogenated alkanes) is 2. The normalized spacial score (nSPS) is 23.0. The van der Waals surface area contributed by atoms with E-state index in [-0.39, 0.29) is 30.3 Å². The summed E-state index contributed by atoms with van der Waals surface area (Å²) in [5, 5.41) is 0. The number of rotatable bonds is 10. The highest BCUT2D eigenvalue weighted by Crippen LogP contribution is 2.44. The molecular formula is C37H42F6O. The van der Waals surface area contributed by atoms with Gasteiger partial charge in [-0.3, -0.25) is 0 Å². The quantitative estimate of drug-likeness (QED) is 0.163. The number of halogens is 6. The number of hydrogen-bond acceptors (Lipinski definition) is 1. The molecule has 2 saturated carbocycles. The van der Waals surface area contributed by atoms with Crippen molar-refractivity contribution >= 4 is 0 Å². The van der Waals surface area contributed by atoms with E-state index in [1.165, 1.54) is 38.5 Å². The minimum Gasteiger partial charge on any atom is -0.432 e. The zero-order chi connectivity index (χ0) is 31.3. The van der Waals surface area contributed by atoms with Gasteiger partial charge < -0.3 is 4.74 Å². The largest absolute Gasteiger partial charge is 0.432 e. The molecule has 3 aromatic rings. The fourth-order valence-corrected chi connectivity index (χ4v) is 7.14. The second-order valence-electron chi connectivity index (χ2n) is 12.8. The lowest BCUT2D eigenvalue weighted by Gasteiger charge is -2.33. The van der Waals surface area contributed by atoms with Gasteiger partial charge in [0, 0.05) is 5.56 Å². The summed E-state index contributed by atoms with van der Waals surface area (Å²) in [6.07, 6.45) is 3.42. The van der Waals surface area contributed by atoms with E-state index in [1.54, 1.807) is 6.07 Å². The van der Waals surface area contributed by atoms with E-state index in [9.17, 15) is 22.0 Å². The molecule has 1 nitrogen and oxygen atoms in total. The van der Waals surface area contributed by atoms with Crippen molar-refractivity contribution < 1.29 is 31.1 Å². The summed E-state index contributed by atoms with van der Waals surface area (Å²) in [7, 11) is 0. The number of hydrogen-bond donors (Lipinski definition) is 0. The van der Waals surface area contributed by atoms with Crippen LogP contribution in [0.25, 0.3) is 11.1 Å². The summed E-state index contributed by atoms with van der Waals surface area (Å²) in [5.74, 6) is -0.183. The van der Waals surface area contributed by atoms with E-state index in [0.717, 1.165) is 59.7 Å². The molecule has 0 aromatic heterocycles. The first-order chi connectivity index (χ1) is 21.0. The average molecular weight is 617 g/mol. The molecule has 0 radical (unpaired) electrons. The third kappa shape index (κ3) is 8.00. The molecule has 2 fully saturated rings. The third-order valence-electron chi connectivity index (χ3n) is 9.86. The molecule has 3 aromatic carbocycles. The molecule has 0 amide bonds. The van der Waals surface area contributed by atoms with Crippen molar-refractivity contribution in [3.05, 3.63) is 89.2 Å². The van der Waals surface area contributed by atoms with Crippen LogP contribution in [0.4, 0.5) is 26.3 Å². The Hall–Kier alpha value is -2.96. The Bertz CT molecular complexity index is 1330. The molecule has 238 valence electrons. The molecule has 0 N–H and O–H groups in total. The molecule has 2 aliphatic carbocycles. The van der Waals surface area contributed by atoms with E-state index >= 15 is 4.39 Å². The minimum atomic E-state index is -4.54. The first-order valence-electron chi connectivity index (χ1n) is 16.2. The van der Waals surface area contributed by atoms with Crippen LogP contribution in [0.5, 0.6) is 5.75 Å². The highest BCUT2D eigenvalue weighted by atomic mass is 19.4. The van der Waals surface area contributed by atoms with Crippen molar-refractivity contribution in [3.8, 4) is 16.9 Å². The first kappa shape index (κ1) is 32.4. The van der Waals surface area contributed by atoms with E-state index in [0.29, 0.717) is 24.3 Å². The Labute approximate surface area is 257 Å². The highest BCUT2D eigenvalue weighted by molar-refractivity contribution is 5.65. The Morgan fingerprint density at radius 2 is 1.27 bits per heavy atom. The molecule has 7 heteroatoms. The van der Waals surface area contributed by atoms with E-state index in [1.807, 2.05) is 30.3 Å². The lowest BCUT2D eigenvalue weighted by molar-refractivity contribution is -0.222. The van der Waals surface area contributed by atoms with Gasteiger partial charge in [-0.15, -0.1) is 0 Å². The lowest BCUT2D eigenvalue weighted by Crippen LogP contribution is -2.37. The van der Waals surface area contributed by atoms with E-state index in [2.05, 4.69) is 13.0 Å². The summed E-state index contributed by atoms with van der Waals surface area (Å²) >= 11 is 0. The Kier molecular flexibility index (Phi) is 10.3. The molecule has 44 heavy (non-hydrogen) atoms. The van der Waals surface area contributed by atoms with Gasteiger partial charge in [0.15, 0.2) is 0 Å². The van der Waals surface area contributed by atoms with Crippen LogP contribution >= 0.6 is 0 Å². The highest BCUT2D eigenvalue weighted by Gasteiger charge is 2.44. The average Bonchev–Trinajstić information content (AvgIpc) is 3.01. The van der Waals surface area contributed by atoms with Crippen LogP contribution in [0, 0.1) is 17.7 Å². The van der Waals surface area contributed by atoms with Gasteiger partial charge in [-0.1, -0.05) is 69.0 Å². The molecule has 0 heterocycles. The third-order valence-corrected chi connectivity index (χ3v) is 9.86. The summed E-state index contributed by atoms with van der Waals surface area (Å²) in [4.78, 5) is 0. The van der Waals surface area contributed by atoms with E-state index < -0.39 is 23.8 Å². The van der Waals surface area contributed by atoms with Gasteiger partial charge in [0.2, 0.25) is 0 Å². The predicted octanol–water partition coefficient (Wildman–Crippen LogP) is 12.3. The summed E-state index contributed by atoms with van der Waals surface area (Å²) in [6.45, 7) is 2.24. The Morgan fingerprint density at radius 3 is 1.86 bits per heavy atom. The molecule has 0 atom stereocenters. The van der Waals surface area contributed by atoms with Gasteiger partial charge in [0.25, 0.3) is 0 Å². The van der Waals surface area contributed by atoms with Gasteiger partial charge in [0.1, 0.15) is 11.6 Å². The van der Waals surface area contributed by atoms with Crippen molar-refractivity contribution in [1.29, 1.82) is 0 Å². The van der Waals surface area contributed by atoms with Gasteiger partial charge in [0.05, 0.1) is 11.5 Å². The van der Waals surface area contributed by atoms with Crippen LogP contribution in [0.3, 0.4) is 0 Å². The maximum atomic E-state index is 15.3. The van der Waals surface area contributed by atoms with Crippen molar-refractivity contribution in [2.75, 3.05) is 0 Å². The second-order valence-corrected chi connectivity index (χ2v) is 12.8. The van der Waals surface area contributed by atoms with E-state index in [4.69, 9.17) is 4.74 Å². The maximum absolute atomic E-state index is 15.3. The maximum Gasteiger partial charge on any atom is 0.416 e. The number of ether oxygens (including phenoxy) is 1. The van der Waals surface area contributed by atoms with Crippen LogP contribution in [0.2, 0.25) is 0 Å². The molecule has 0 aliphatic heterocycles. The molecule has 0 bridgehead atoms.